The zero-order valence-electron chi connectivity index (χ0n) is 9.99. The highest BCUT2D eigenvalue weighted by atomic mass is 79.9. The molecule has 0 saturated carbocycles. The molecule has 1 amide bonds. The van der Waals surface area contributed by atoms with E-state index in [1.54, 1.807) is 18.2 Å². The lowest BCUT2D eigenvalue weighted by Crippen LogP contribution is -2.25. The van der Waals surface area contributed by atoms with Gasteiger partial charge in [0.25, 0.3) is 5.91 Å². The van der Waals surface area contributed by atoms with Crippen LogP contribution in [-0.4, -0.2) is 37.4 Å². The summed E-state index contributed by atoms with van der Waals surface area (Å²) in [5.74, 6) is -0.170. The van der Waals surface area contributed by atoms with Crippen molar-refractivity contribution in [2.45, 2.75) is 6.42 Å². The van der Waals surface area contributed by atoms with Gasteiger partial charge in [-0.15, -0.1) is 0 Å². The second-order valence-electron chi connectivity index (χ2n) is 3.65. The van der Waals surface area contributed by atoms with Crippen LogP contribution in [0.5, 0.6) is 0 Å². The molecule has 0 fully saturated rings. The Hall–Kier alpha value is -1.11. The molecule has 0 atom stereocenters. The molecular weight excluding hydrogens is 300 g/mol. The minimum absolute atomic E-state index is 0.0165. The number of amides is 1. The number of nitrogen functional groups attached to an aromatic ring is 1. The first-order chi connectivity index (χ1) is 8.66. The molecule has 0 aromatic heterocycles. The average Bonchev–Trinajstić information content (AvgIpc) is 2.36. The van der Waals surface area contributed by atoms with E-state index in [9.17, 15) is 4.79 Å². The van der Waals surface area contributed by atoms with Gasteiger partial charge in [-0.3, -0.25) is 4.79 Å². The Morgan fingerprint density at radius 1 is 1.44 bits per heavy atom. The van der Waals surface area contributed by atoms with Gasteiger partial charge in [0, 0.05) is 18.8 Å². The molecule has 1 rings (SSSR count). The Labute approximate surface area is 114 Å². The van der Waals surface area contributed by atoms with Gasteiger partial charge in [0.15, 0.2) is 0 Å². The highest BCUT2D eigenvalue weighted by Gasteiger charge is 2.10. The van der Waals surface area contributed by atoms with Gasteiger partial charge >= 0.3 is 0 Å². The lowest BCUT2D eigenvalue weighted by Gasteiger charge is -2.08. The van der Waals surface area contributed by atoms with Crippen molar-refractivity contribution in [2.75, 3.05) is 32.1 Å². The van der Waals surface area contributed by atoms with Crippen molar-refractivity contribution in [3.8, 4) is 0 Å². The predicted octanol–water partition coefficient (Wildman–Crippen LogP) is 1.16. The van der Waals surface area contributed by atoms with Crippen molar-refractivity contribution in [3.05, 3.63) is 28.2 Å². The van der Waals surface area contributed by atoms with Crippen molar-refractivity contribution in [1.82, 2.24) is 5.32 Å². The Kier molecular flexibility index (Phi) is 6.70. The fraction of sp³-hybridized carbons (Fsp3) is 0.417. The van der Waals surface area contributed by atoms with Gasteiger partial charge in [0.05, 0.1) is 23.2 Å². The van der Waals surface area contributed by atoms with E-state index in [1.807, 2.05) is 0 Å². The largest absolute Gasteiger partial charge is 0.398 e. The molecule has 0 unspecified atom stereocenters. The number of hydrogen-bond donors (Lipinski definition) is 3. The highest BCUT2D eigenvalue weighted by molar-refractivity contribution is 9.10. The maximum atomic E-state index is 11.8. The normalized spacial score (nSPS) is 10.3. The molecule has 0 radical (unpaired) electrons. The summed E-state index contributed by atoms with van der Waals surface area (Å²) in [7, 11) is 0. The summed E-state index contributed by atoms with van der Waals surface area (Å²) in [6, 6.07) is 5.17. The number of carbonyl (C=O) groups excluding carboxylic acids is 1. The van der Waals surface area contributed by atoms with Crippen molar-refractivity contribution in [1.29, 1.82) is 0 Å². The van der Waals surface area contributed by atoms with Crippen LogP contribution in [0.15, 0.2) is 22.7 Å². The molecule has 4 N–H and O–H groups in total. The molecule has 0 aliphatic rings. The van der Waals surface area contributed by atoms with Gasteiger partial charge in [-0.2, -0.15) is 0 Å². The Bertz CT molecular complexity index is 399. The first-order valence-corrected chi connectivity index (χ1v) is 6.47. The highest BCUT2D eigenvalue weighted by Crippen LogP contribution is 2.23. The van der Waals surface area contributed by atoms with Gasteiger partial charge in [-0.05, 0) is 34.5 Å². The Morgan fingerprint density at radius 2 is 2.22 bits per heavy atom. The number of hydrogen-bond acceptors (Lipinski definition) is 4. The van der Waals surface area contributed by atoms with E-state index in [4.69, 9.17) is 15.6 Å². The van der Waals surface area contributed by atoms with Crippen LogP contribution >= 0.6 is 15.9 Å². The zero-order chi connectivity index (χ0) is 13.4. The molecule has 1 aromatic rings. The Balaban J connectivity index is 2.35. The number of benzene rings is 1. The van der Waals surface area contributed by atoms with Gasteiger partial charge < -0.3 is 20.9 Å². The van der Waals surface area contributed by atoms with Gasteiger partial charge in [-0.1, -0.05) is 6.07 Å². The third-order valence-corrected chi connectivity index (χ3v) is 3.14. The quantitative estimate of drug-likeness (QED) is 0.520. The number of rotatable bonds is 7. The maximum Gasteiger partial charge on any atom is 0.252 e. The monoisotopic (exact) mass is 316 g/mol. The first-order valence-electron chi connectivity index (χ1n) is 5.67. The van der Waals surface area contributed by atoms with E-state index in [2.05, 4.69) is 21.2 Å². The number of anilines is 1. The minimum Gasteiger partial charge on any atom is -0.398 e. The fourth-order valence-corrected chi connectivity index (χ4v) is 1.81. The molecule has 100 valence electrons. The van der Waals surface area contributed by atoms with Crippen molar-refractivity contribution in [3.63, 3.8) is 0 Å². The lowest BCUT2D eigenvalue weighted by molar-refractivity contribution is 0.0867. The summed E-state index contributed by atoms with van der Waals surface area (Å²) in [4.78, 5) is 11.8. The summed E-state index contributed by atoms with van der Waals surface area (Å²) >= 11 is 3.29. The van der Waals surface area contributed by atoms with Gasteiger partial charge in [0.1, 0.15) is 0 Å². The molecule has 0 aliphatic carbocycles. The van der Waals surface area contributed by atoms with Gasteiger partial charge in [-0.25, -0.2) is 0 Å². The topological polar surface area (TPSA) is 84.6 Å². The molecule has 18 heavy (non-hydrogen) atoms. The van der Waals surface area contributed by atoms with E-state index in [1.165, 1.54) is 0 Å². The first kappa shape index (κ1) is 14.9. The van der Waals surface area contributed by atoms with Crippen LogP contribution in [0, 0.1) is 0 Å². The maximum absolute atomic E-state index is 11.8. The lowest BCUT2D eigenvalue weighted by atomic mass is 10.2. The van der Waals surface area contributed by atoms with E-state index in [0.717, 1.165) is 0 Å². The van der Waals surface area contributed by atoms with Gasteiger partial charge in [0.2, 0.25) is 0 Å². The molecule has 1 aromatic carbocycles. The number of aliphatic hydroxyl groups excluding tert-OH is 1. The molecule has 0 spiro atoms. The van der Waals surface area contributed by atoms with Crippen LogP contribution in [0.4, 0.5) is 5.69 Å². The standard InChI is InChI=1S/C12H17BrN2O3/c13-11-9(3-1-4-10(11)14)12(17)15-5-2-7-18-8-6-16/h1,3-4,16H,2,5-8,14H2,(H,15,17). The average molecular weight is 317 g/mol. The third-order valence-electron chi connectivity index (χ3n) is 2.26. The molecular formula is C12H17BrN2O3. The predicted molar refractivity (Wildman–Crippen MR) is 73.4 cm³/mol. The number of aliphatic hydroxyl groups is 1. The van der Waals surface area contributed by atoms with Crippen LogP contribution in [0.25, 0.3) is 0 Å². The van der Waals surface area contributed by atoms with Crippen LogP contribution < -0.4 is 11.1 Å². The van der Waals surface area contributed by atoms with Crippen LogP contribution in [0.2, 0.25) is 0 Å². The molecule has 5 nitrogen and oxygen atoms in total. The second kappa shape index (κ2) is 8.07. The van der Waals surface area contributed by atoms with Crippen molar-refractivity contribution < 1.29 is 14.6 Å². The van der Waals surface area contributed by atoms with E-state index in [0.29, 0.717) is 41.9 Å². The smallest absolute Gasteiger partial charge is 0.252 e. The third kappa shape index (κ3) is 4.64. The van der Waals surface area contributed by atoms with E-state index >= 15 is 0 Å². The van der Waals surface area contributed by atoms with E-state index < -0.39 is 0 Å². The molecule has 6 heteroatoms. The summed E-state index contributed by atoms with van der Waals surface area (Å²) in [6.07, 6.45) is 0.700. The Morgan fingerprint density at radius 3 is 2.94 bits per heavy atom. The summed E-state index contributed by atoms with van der Waals surface area (Å²) in [5, 5.41) is 11.3. The van der Waals surface area contributed by atoms with Crippen LogP contribution in [-0.2, 0) is 4.74 Å². The number of halogens is 1. The van der Waals surface area contributed by atoms with Crippen molar-refractivity contribution in [2.24, 2.45) is 0 Å². The summed E-state index contributed by atoms with van der Waals surface area (Å²) in [5.41, 5.74) is 6.75. The SMILES string of the molecule is Nc1cccc(C(=O)NCCCOCCO)c1Br. The van der Waals surface area contributed by atoms with Crippen LogP contribution in [0.3, 0.4) is 0 Å². The number of nitrogens with one attached hydrogen (secondary N) is 1. The number of carbonyl (C=O) groups is 1. The van der Waals surface area contributed by atoms with Crippen molar-refractivity contribution >= 4 is 27.5 Å². The molecule has 0 aliphatic heterocycles. The number of nitrogens with two attached hydrogens (primary N) is 1. The summed E-state index contributed by atoms with van der Waals surface area (Å²) < 4.78 is 5.69. The molecule has 0 saturated heterocycles. The fourth-order valence-electron chi connectivity index (χ4n) is 1.36. The zero-order valence-corrected chi connectivity index (χ0v) is 11.6. The number of ether oxygens (including phenoxy) is 1. The molecule has 0 bridgehead atoms. The molecule has 0 heterocycles. The van der Waals surface area contributed by atoms with E-state index in [-0.39, 0.29) is 12.5 Å². The summed E-state index contributed by atoms with van der Waals surface area (Å²) in [6.45, 7) is 1.38. The van der Waals surface area contributed by atoms with Crippen LogP contribution in [0.1, 0.15) is 16.8 Å². The minimum atomic E-state index is -0.170. The second-order valence-corrected chi connectivity index (χ2v) is 4.45.